The minimum atomic E-state index is -1.46. The Balaban J connectivity index is 1.23. The summed E-state index contributed by atoms with van der Waals surface area (Å²) in [7, 11) is 0. The van der Waals surface area contributed by atoms with Crippen LogP contribution >= 0.6 is 0 Å². The van der Waals surface area contributed by atoms with Gasteiger partial charge in [0.1, 0.15) is 29.3 Å². The van der Waals surface area contributed by atoms with E-state index in [1.807, 2.05) is 60.7 Å². The predicted octanol–water partition coefficient (Wildman–Crippen LogP) is 4.89. The molecule has 4 N–H and O–H groups in total. The summed E-state index contributed by atoms with van der Waals surface area (Å²) >= 11 is 0. The number of imidazole rings is 1. The van der Waals surface area contributed by atoms with Gasteiger partial charge >= 0.3 is 12.1 Å². The number of aliphatic carboxylic acids is 1. The van der Waals surface area contributed by atoms with Crippen molar-refractivity contribution < 1.29 is 33.8 Å². The molecule has 2 aliphatic heterocycles. The summed E-state index contributed by atoms with van der Waals surface area (Å²) in [5.41, 5.74) is 0.844. The van der Waals surface area contributed by atoms with Gasteiger partial charge < -0.3 is 35.1 Å². The largest absolute Gasteiger partial charge is 0.479 e. The van der Waals surface area contributed by atoms with E-state index in [2.05, 4.69) is 15.6 Å². The molecule has 4 heterocycles. The zero-order chi connectivity index (χ0) is 36.6. The van der Waals surface area contributed by atoms with Gasteiger partial charge in [-0.3, -0.25) is 9.59 Å². The topological polar surface area (TPSA) is 189 Å². The van der Waals surface area contributed by atoms with Crippen LogP contribution < -0.4 is 15.4 Å². The summed E-state index contributed by atoms with van der Waals surface area (Å²) in [6.07, 6.45) is 5.94. The van der Waals surface area contributed by atoms with Gasteiger partial charge in [0.15, 0.2) is 11.5 Å². The first-order chi connectivity index (χ1) is 24.9. The third-order valence-corrected chi connectivity index (χ3v) is 9.74. The van der Waals surface area contributed by atoms with Gasteiger partial charge in [-0.15, -0.1) is 0 Å². The molecule has 272 valence electrons. The molecule has 1 saturated heterocycles. The van der Waals surface area contributed by atoms with Crippen LogP contribution in [0.5, 0.6) is 5.88 Å². The second-order valence-electron chi connectivity index (χ2n) is 14.8. The summed E-state index contributed by atoms with van der Waals surface area (Å²) in [5, 5.41) is 15.7. The smallest absolute Gasteiger partial charge is 0.408 e. The SMILES string of the molecule is CC(C)(C)OC(=O)N[C@H]1CCCCC/C=C\[C@H]2C[C@@]2(C(=O)O)NC(=O)[C@@H]2C[C@@H](Oc3nc4ccccc4nc3-c3nc4ccccc4[nH]3)CN2C1=O. The number of aromatic nitrogens is 4. The zero-order valence-electron chi connectivity index (χ0n) is 29.4. The Hall–Kier alpha value is -5.53. The average Bonchev–Trinajstić information content (AvgIpc) is 3.40. The van der Waals surface area contributed by atoms with Crippen molar-refractivity contribution >= 4 is 45.9 Å². The molecule has 3 aliphatic rings. The number of alkyl carbamates (subject to hydrolysis) is 1. The highest BCUT2D eigenvalue weighted by Crippen LogP contribution is 2.45. The van der Waals surface area contributed by atoms with E-state index < -0.39 is 53.2 Å². The number of carboxylic acid groups (broad SMARTS) is 1. The number of ether oxygens (including phenoxy) is 2. The maximum Gasteiger partial charge on any atom is 0.408 e. The van der Waals surface area contributed by atoms with E-state index in [-0.39, 0.29) is 31.2 Å². The van der Waals surface area contributed by atoms with Crippen LogP contribution in [0.4, 0.5) is 4.79 Å². The van der Waals surface area contributed by atoms with Crippen LogP contribution in [0.3, 0.4) is 0 Å². The number of nitrogens with zero attached hydrogens (tertiary/aromatic N) is 4. The van der Waals surface area contributed by atoms with Gasteiger partial charge in [0, 0.05) is 12.3 Å². The summed E-state index contributed by atoms with van der Waals surface area (Å²) in [4.78, 5) is 73.0. The number of rotatable bonds is 5. The molecule has 2 fully saturated rings. The highest BCUT2D eigenvalue weighted by Gasteiger charge is 2.61. The van der Waals surface area contributed by atoms with Gasteiger partial charge in [0.05, 0.1) is 28.6 Å². The van der Waals surface area contributed by atoms with E-state index >= 15 is 0 Å². The van der Waals surface area contributed by atoms with Crippen LogP contribution in [0, 0.1) is 5.92 Å². The van der Waals surface area contributed by atoms with Gasteiger partial charge in [-0.2, -0.15) is 0 Å². The van der Waals surface area contributed by atoms with Gasteiger partial charge in [0.2, 0.25) is 17.7 Å². The zero-order valence-corrected chi connectivity index (χ0v) is 29.4. The molecule has 4 aromatic rings. The number of hydrogen-bond donors (Lipinski definition) is 4. The number of carbonyl (C=O) groups is 4. The quantitative estimate of drug-likeness (QED) is 0.208. The maximum absolute atomic E-state index is 14.4. The molecule has 3 amide bonds. The van der Waals surface area contributed by atoms with Crippen LogP contribution in [0.1, 0.15) is 65.7 Å². The number of fused-ring (bicyclic) bond motifs is 4. The number of benzene rings is 2. The molecule has 1 aliphatic carbocycles. The molecule has 2 aromatic heterocycles. The van der Waals surface area contributed by atoms with Crippen molar-refractivity contribution in [1.82, 2.24) is 35.5 Å². The number of carboxylic acids is 1. The molecule has 7 rings (SSSR count). The first-order valence-corrected chi connectivity index (χ1v) is 17.8. The lowest BCUT2D eigenvalue weighted by Crippen LogP contribution is -2.56. The van der Waals surface area contributed by atoms with E-state index in [0.29, 0.717) is 35.4 Å². The van der Waals surface area contributed by atoms with E-state index in [0.717, 1.165) is 30.3 Å². The molecule has 1 saturated carbocycles. The lowest BCUT2D eigenvalue weighted by molar-refractivity contribution is -0.145. The number of amides is 3. The summed E-state index contributed by atoms with van der Waals surface area (Å²) in [6.45, 7) is 5.18. The maximum atomic E-state index is 14.4. The normalized spacial score (nSPS) is 26.0. The Labute approximate surface area is 300 Å². The number of carbonyl (C=O) groups excluding carboxylic acids is 3. The van der Waals surface area contributed by atoms with Gasteiger partial charge in [-0.05, 0) is 70.7 Å². The highest BCUT2D eigenvalue weighted by molar-refractivity contribution is 5.96. The van der Waals surface area contributed by atoms with Crippen molar-refractivity contribution in [3.05, 3.63) is 60.7 Å². The van der Waals surface area contributed by atoms with Gasteiger partial charge in [0.25, 0.3) is 0 Å². The molecule has 14 nitrogen and oxygen atoms in total. The van der Waals surface area contributed by atoms with Crippen LogP contribution in [0.25, 0.3) is 33.6 Å². The summed E-state index contributed by atoms with van der Waals surface area (Å²) in [5.74, 6) is -1.98. The van der Waals surface area contributed by atoms with Crippen molar-refractivity contribution in [2.24, 2.45) is 5.92 Å². The fourth-order valence-corrected chi connectivity index (χ4v) is 7.04. The molecule has 14 heteroatoms. The molecule has 52 heavy (non-hydrogen) atoms. The number of allylic oxidation sites excluding steroid dienone is 1. The Bertz CT molecular complexity index is 2020. The van der Waals surface area contributed by atoms with Crippen molar-refractivity contribution in [3.63, 3.8) is 0 Å². The van der Waals surface area contributed by atoms with E-state index in [4.69, 9.17) is 24.4 Å². The van der Waals surface area contributed by atoms with Crippen LogP contribution in [-0.2, 0) is 19.1 Å². The predicted molar refractivity (Wildman–Crippen MR) is 191 cm³/mol. The van der Waals surface area contributed by atoms with Crippen LogP contribution in [0.15, 0.2) is 60.7 Å². The third kappa shape index (κ3) is 7.28. The standard InChI is InChI=1S/C38H43N7O7/c1-37(2,3)52-36(50)43-28-18-8-6-4-5-7-13-22-20-38(22,35(48)49)44-32(46)29-19-23(21-45(29)34(28)47)51-33-30(39-24-14-9-12-17-27(24)42-33)31-40-25-15-10-11-16-26(25)41-31/h7,9-17,22-23,28-29H,4-6,8,18-21H2,1-3H3,(H,40,41)(H,43,50)(H,44,46)(H,48,49)/b13-7-/t22-,23+,28-,29-,38+/m0/s1. The summed E-state index contributed by atoms with van der Waals surface area (Å²) in [6, 6.07) is 12.8. The third-order valence-electron chi connectivity index (χ3n) is 9.74. The fourth-order valence-electron chi connectivity index (χ4n) is 7.04. The minimum Gasteiger partial charge on any atom is -0.479 e. The minimum absolute atomic E-state index is 0.0269. The lowest BCUT2D eigenvalue weighted by Gasteiger charge is -2.30. The van der Waals surface area contributed by atoms with Gasteiger partial charge in [-0.1, -0.05) is 49.3 Å². The number of H-pyrrole nitrogens is 1. The Morgan fingerprint density at radius 2 is 1.71 bits per heavy atom. The lowest BCUT2D eigenvalue weighted by atomic mass is 10.0. The first kappa shape index (κ1) is 34.9. The Morgan fingerprint density at radius 3 is 2.44 bits per heavy atom. The van der Waals surface area contributed by atoms with E-state index in [1.165, 1.54) is 4.90 Å². The monoisotopic (exact) mass is 709 g/mol. The molecule has 5 atom stereocenters. The Morgan fingerprint density at radius 1 is 0.981 bits per heavy atom. The number of hydrogen-bond acceptors (Lipinski definition) is 9. The molecule has 0 bridgehead atoms. The first-order valence-electron chi connectivity index (χ1n) is 17.8. The number of nitrogens with one attached hydrogen (secondary N) is 3. The van der Waals surface area contributed by atoms with Gasteiger partial charge in [-0.25, -0.2) is 24.5 Å². The van der Waals surface area contributed by atoms with E-state index in [9.17, 15) is 24.3 Å². The van der Waals surface area contributed by atoms with Crippen LogP contribution in [0.2, 0.25) is 0 Å². The molecule has 0 radical (unpaired) electrons. The molecule has 2 aromatic carbocycles. The van der Waals surface area contributed by atoms with Crippen molar-refractivity contribution in [1.29, 1.82) is 0 Å². The fraction of sp³-hybridized carbons (Fsp3) is 0.447. The Kier molecular flexibility index (Phi) is 9.32. The molecule has 0 spiro atoms. The summed E-state index contributed by atoms with van der Waals surface area (Å²) < 4.78 is 12.0. The second kappa shape index (κ2) is 13.9. The molecular formula is C38H43N7O7. The average molecular weight is 710 g/mol. The number of para-hydroxylation sites is 4. The van der Waals surface area contributed by atoms with Crippen molar-refractivity contribution in [2.75, 3.05) is 6.54 Å². The van der Waals surface area contributed by atoms with Crippen LogP contribution in [-0.4, -0.2) is 89.7 Å². The highest BCUT2D eigenvalue weighted by atomic mass is 16.6. The van der Waals surface area contributed by atoms with Crippen molar-refractivity contribution in [3.8, 4) is 17.4 Å². The van der Waals surface area contributed by atoms with Crippen molar-refractivity contribution in [2.45, 2.75) is 95.0 Å². The second-order valence-corrected chi connectivity index (χ2v) is 14.8. The number of aromatic amines is 1. The van der Waals surface area contributed by atoms with E-state index in [1.54, 1.807) is 20.8 Å². The molecule has 0 unspecified atom stereocenters. The molecular weight excluding hydrogens is 666 g/mol.